The molecule has 0 bridgehead atoms. The van der Waals surface area contributed by atoms with Gasteiger partial charge in [0.2, 0.25) is 5.89 Å². The van der Waals surface area contributed by atoms with Crippen molar-refractivity contribution in [1.29, 1.82) is 0 Å². The van der Waals surface area contributed by atoms with Crippen LogP contribution < -0.4 is 5.32 Å². The molecule has 3 rings (SSSR count). The SMILES string of the molecule is CCCC[C@H](O)CN1CCN(Cc2nc(C(=O)Nc3cc(C)ccc3F)co2)CC1. The van der Waals surface area contributed by atoms with Crippen molar-refractivity contribution in [3.8, 4) is 0 Å². The molecular formula is C22H31FN4O3. The molecule has 8 heteroatoms. The van der Waals surface area contributed by atoms with Crippen LogP contribution in [0.25, 0.3) is 0 Å². The number of nitrogens with zero attached hydrogens (tertiary/aromatic N) is 3. The standard InChI is InChI=1S/C22H31FN4O3/c1-3-4-5-17(28)13-26-8-10-27(11-9-26)14-21-24-20(15-30-21)22(29)25-19-12-16(2)6-7-18(19)23/h6-7,12,15,17,28H,3-5,8-11,13-14H2,1-2H3,(H,25,29)/t17-/m0/s1. The summed E-state index contributed by atoms with van der Waals surface area (Å²) in [4.78, 5) is 21.1. The molecule has 2 N–H and O–H groups in total. The van der Waals surface area contributed by atoms with Gasteiger partial charge < -0.3 is 14.8 Å². The van der Waals surface area contributed by atoms with E-state index in [2.05, 4.69) is 27.0 Å². The second kappa shape index (κ2) is 10.7. The van der Waals surface area contributed by atoms with Crippen molar-refractivity contribution in [2.24, 2.45) is 0 Å². The normalized spacial score (nSPS) is 16.5. The summed E-state index contributed by atoms with van der Waals surface area (Å²) in [7, 11) is 0. The number of amides is 1. The average molecular weight is 419 g/mol. The Balaban J connectivity index is 1.47. The summed E-state index contributed by atoms with van der Waals surface area (Å²) >= 11 is 0. The summed E-state index contributed by atoms with van der Waals surface area (Å²) in [5, 5.41) is 12.6. The lowest BCUT2D eigenvalue weighted by atomic mass is 10.1. The summed E-state index contributed by atoms with van der Waals surface area (Å²) in [6.07, 6.45) is 4.05. The Bertz CT molecular complexity index is 834. The van der Waals surface area contributed by atoms with Gasteiger partial charge in [-0.05, 0) is 31.0 Å². The molecule has 30 heavy (non-hydrogen) atoms. The predicted molar refractivity (Wildman–Crippen MR) is 113 cm³/mol. The number of aliphatic hydroxyl groups is 1. The molecule has 1 amide bonds. The molecular weight excluding hydrogens is 387 g/mol. The molecule has 1 aliphatic heterocycles. The zero-order valence-electron chi connectivity index (χ0n) is 17.7. The number of benzene rings is 1. The maximum atomic E-state index is 13.8. The van der Waals surface area contributed by atoms with Gasteiger partial charge in [-0.2, -0.15) is 0 Å². The van der Waals surface area contributed by atoms with E-state index in [1.165, 1.54) is 12.3 Å². The number of carbonyl (C=O) groups excluding carboxylic acids is 1. The molecule has 1 fully saturated rings. The van der Waals surface area contributed by atoms with Gasteiger partial charge in [0.15, 0.2) is 5.69 Å². The van der Waals surface area contributed by atoms with Gasteiger partial charge in [0, 0.05) is 32.7 Å². The van der Waals surface area contributed by atoms with E-state index in [1.54, 1.807) is 12.1 Å². The van der Waals surface area contributed by atoms with Crippen LogP contribution in [0.1, 0.15) is 48.1 Å². The summed E-state index contributed by atoms with van der Waals surface area (Å²) in [6.45, 7) is 8.63. The lowest BCUT2D eigenvalue weighted by Crippen LogP contribution is -2.48. The van der Waals surface area contributed by atoms with E-state index >= 15 is 0 Å². The number of piperazine rings is 1. The first-order chi connectivity index (χ1) is 14.4. The first kappa shape index (κ1) is 22.4. The van der Waals surface area contributed by atoms with Crippen LogP contribution in [0.2, 0.25) is 0 Å². The molecule has 0 saturated carbocycles. The van der Waals surface area contributed by atoms with E-state index in [0.29, 0.717) is 19.0 Å². The number of unbranched alkanes of at least 4 members (excludes halogenated alkanes) is 1. The van der Waals surface area contributed by atoms with Crippen LogP contribution in [0.15, 0.2) is 28.9 Å². The van der Waals surface area contributed by atoms with Gasteiger partial charge in [-0.25, -0.2) is 9.37 Å². The van der Waals surface area contributed by atoms with Crippen molar-refractivity contribution in [2.45, 2.75) is 45.8 Å². The molecule has 2 aromatic rings. The number of oxazole rings is 1. The Morgan fingerprint density at radius 1 is 1.30 bits per heavy atom. The van der Waals surface area contributed by atoms with Crippen LogP contribution in [0.5, 0.6) is 0 Å². The second-order valence-electron chi connectivity index (χ2n) is 7.94. The number of aromatic nitrogens is 1. The lowest BCUT2D eigenvalue weighted by Gasteiger charge is -2.35. The Labute approximate surface area is 176 Å². The molecule has 0 radical (unpaired) electrons. The van der Waals surface area contributed by atoms with Crippen molar-refractivity contribution in [1.82, 2.24) is 14.8 Å². The third-order valence-corrected chi connectivity index (χ3v) is 5.34. The fourth-order valence-electron chi connectivity index (χ4n) is 3.56. The predicted octanol–water partition coefficient (Wildman–Crippen LogP) is 3.04. The highest BCUT2D eigenvalue weighted by atomic mass is 19.1. The van der Waals surface area contributed by atoms with Crippen LogP contribution in [0.3, 0.4) is 0 Å². The lowest BCUT2D eigenvalue weighted by molar-refractivity contribution is 0.0627. The monoisotopic (exact) mass is 418 g/mol. The number of halogens is 1. The molecule has 1 aliphatic rings. The van der Waals surface area contributed by atoms with Crippen LogP contribution in [0.4, 0.5) is 10.1 Å². The molecule has 2 heterocycles. The number of β-amino-alcohol motifs (C(OH)–C–C–N with tert-alkyl or cyclic N) is 1. The molecule has 0 spiro atoms. The fraction of sp³-hybridized carbons (Fsp3) is 0.545. The second-order valence-corrected chi connectivity index (χ2v) is 7.94. The summed E-state index contributed by atoms with van der Waals surface area (Å²) < 4.78 is 19.3. The van der Waals surface area contributed by atoms with E-state index < -0.39 is 11.7 Å². The number of hydrogen-bond donors (Lipinski definition) is 2. The highest BCUT2D eigenvalue weighted by molar-refractivity contribution is 6.02. The minimum absolute atomic E-state index is 0.127. The van der Waals surface area contributed by atoms with Crippen molar-refractivity contribution >= 4 is 11.6 Å². The third-order valence-electron chi connectivity index (χ3n) is 5.34. The number of hydrogen-bond acceptors (Lipinski definition) is 6. The number of aryl methyl sites for hydroxylation is 1. The highest BCUT2D eigenvalue weighted by Gasteiger charge is 2.21. The first-order valence-electron chi connectivity index (χ1n) is 10.6. The quantitative estimate of drug-likeness (QED) is 0.651. The molecule has 0 unspecified atom stereocenters. The third kappa shape index (κ3) is 6.35. The Morgan fingerprint density at radius 3 is 2.77 bits per heavy atom. The van der Waals surface area contributed by atoms with Gasteiger partial charge in [-0.3, -0.25) is 14.6 Å². The van der Waals surface area contributed by atoms with Crippen LogP contribution in [-0.2, 0) is 6.54 Å². The maximum Gasteiger partial charge on any atom is 0.277 e. The van der Waals surface area contributed by atoms with Crippen LogP contribution >= 0.6 is 0 Å². The van der Waals surface area contributed by atoms with Gasteiger partial charge in [0.05, 0.1) is 18.3 Å². The zero-order chi connectivity index (χ0) is 21.5. The highest BCUT2D eigenvalue weighted by Crippen LogP contribution is 2.17. The van der Waals surface area contributed by atoms with Gasteiger partial charge >= 0.3 is 0 Å². The number of anilines is 1. The molecule has 1 aromatic heterocycles. The van der Waals surface area contributed by atoms with Gasteiger partial charge in [0.1, 0.15) is 12.1 Å². The first-order valence-corrected chi connectivity index (χ1v) is 10.6. The number of nitrogens with one attached hydrogen (secondary N) is 1. The summed E-state index contributed by atoms with van der Waals surface area (Å²) in [6, 6.07) is 4.54. The van der Waals surface area contributed by atoms with Crippen molar-refractivity contribution < 1.29 is 18.7 Å². The van der Waals surface area contributed by atoms with Crippen molar-refractivity contribution in [3.05, 3.63) is 47.4 Å². The molecule has 164 valence electrons. The number of carbonyl (C=O) groups is 1. The van der Waals surface area contributed by atoms with E-state index in [-0.39, 0.29) is 17.5 Å². The van der Waals surface area contributed by atoms with Gasteiger partial charge in [-0.1, -0.05) is 25.8 Å². The molecule has 0 aliphatic carbocycles. The van der Waals surface area contributed by atoms with E-state index in [0.717, 1.165) is 51.0 Å². The molecule has 1 aromatic carbocycles. The Hall–Kier alpha value is -2.29. The smallest absolute Gasteiger partial charge is 0.277 e. The number of aliphatic hydroxyl groups excluding tert-OH is 1. The van der Waals surface area contributed by atoms with E-state index in [4.69, 9.17) is 4.42 Å². The van der Waals surface area contributed by atoms with E-state index in [9.17, 15) is 14.3 Å². The Kier molecular flexibility index (Phi) is 7.95. The van der Waals surface area contributed by atoms with Crippen molar-refractivity contribution in [3.63, 3.8) is 0 Å². The zero-order valence-corrected chi connectivity index (χ0v) is 17.7. The topological polar surface area (TPSA) is 81.8 Å². The van der Waals surface area contributed by atoms with Gasteiger partial charge in [0.25, 0.3) is 5.91 Å². The van der Waals surface area contributed by atoms with E-state index in [1.807, 2.05) is 6.92 Å². The fourth-order valence-corrected chi connectivity index (χ4v) is 3.56. The Morgan fingerprint density at radius 2 is 2.03 bits per heavy atom. The minimum atomic E-state index is -0.500. The molecule has 7 nitrogen and oxygen atoms in total. The largest absolute Gasteiger partial charge is 0.447 e. The summed E-state index contributed by atoms with van der Waals surface area (Å²) in [5.41, 5.74) is 1.11. The number of rotatable bonds is 9. The average Bonchev–Trinajstić information content (AvgIpc) is 3.19. The molecule has 1 saturated heterocycles. The maximum absolute atomic E-state index is 13.8. The van der Waals surface area contributed by atoms with Crippen LogP contribution in [-0.4, -0.2) is 64.6 Å². The minimum Gasteiger partial charge on any atom is -0.447 e. The van der Waals surface area contributed by atoms with Crippen molar-refractivity contribution in [2.75, 3.05) is 38.0 Å². The van der Waals surface area contributed by atoms with Crippen LogP contribution in [0, 0.1) is 12.7 Å². The molecule has 1 atom stereocenters. The van der Waals surface area contributed by atoms with Gasteiger partial charge in [-0.15, -0.1) is 0 Å². The summed E-state index contributed by atoms with van der Waals surface area (Å²) in [5.74, 6) is -0.531.